The molecule has 0 radical (unpaired) electrons. The number of aromatic nitrogens is 2. The molecule has 18 heavy (non-hydrogen) atoms. The highest BCUT2D eigenvalue weighted by molar-refractivity contribution is 5.28. The minimum atomic E-state index is -0.444. The van der Waals surface area contributed by atoms with E-state index in [4.69, 9.17) is 4.74 Å². The maximum Gasteiger partial charge on any atom is 0.0798 e. The Hall–Kier alpha value is -0.870. The first kappa shape index (κ1) is 15.2. The van der Waals surface area contributed by atoms with Crippen LogP contribution in [0.15, 0.2) is 0 Å². The van der Waals surface area contributed by atoms with E-state index < -0.39 is 6.10 Å². The number of rotatable bonds is 8. The highest BCUT2D eigenvalue weighted by Gasteiger charge is 2.18. The quantitative estimate of drug-likeness (QED) is 0.725. The lowest BCUT2D eigenvalue weighted by Crippen LogP contribution is -2.11. The van der Waals surface area contributed by atoms with E-state index in [0.717, 1.165) is 49.4 Å². The summed E-state index contributed by atoms with van der Waals surface area (Å²) in [6, 6.07) is 0. The zero-order chi connectivity index (χ0) is 13.5. The van der Waals surface area contributed by atoms with E-state index in [1.807, 2.05) is 11.6 Å². The first-order chi connectivity index (χ1) is 8.65. The summed E-state index contributed by atoms with van der Waals surface area (Å²) in [7, 11) is 0. The summed E-state index contributed by atoms with van der Waals surface area (Å²) in [5.74, 6) is 0. The minimum absolute atomic E-state index is 0.444. The van der Waals surface area contributed by atoms with Gasteiger partial charge in [-0.05, 0) is 26.2 Å². The molecule has 0 aliphatic heterocycles. The van der Waals surface area contributed by atoms with Crippen LogP contribution < -0.4 is 0 Å². The summed E-state index contributed by atoms with van der Waals surface area (Å²) in [6.45, 7) is 10.3. The molecule has 0 aromatic carbocycles. The summed E-state index contributed by atoms with van der Waals surface area (Å²) in [5.41, 5.74) is 3.16. The van der Waals surface area contributed by atoms with Gasteiger partial charge in [0.1, 0.15) is 0 Å². The smallest absolute Gasteiger partial charge is 0.0798 e. The van der Waals surface area contributed by atoms with E-state index in [2.05, 4.69) is 25.9 Å². The van der Waals surface area contributed by atoms with Crippen molar-refractivity contribution in [3.63, 3.8) is 0 Å². The molecule has 0 bridgehead atoms. The number of nitrogens with zero attached hydrogens (tertiary/aromatic N) is 2. The number of aliphatic hydroxyl groups excluding tert-OH is 1. The molecule has 104 valence electrons. The molecule has 1 heterocycles. The third-order valence-electron chi connectivity index (χ3n) is 3.06. The Labute approximate surface area is 110 Å². The summed E-state index contributed by atoms with van der Waals surface area (Å²) >= 11 is 0. The molecule has 0 aliphatic rings. The van der Waals surface area contributed by atoms with Crippen molar-refractivity contribution in [3.05, 3.63) is 17.0 Å². The van der Waals surface area contributed by atoms with Crippen LogP contribution in [-0.2, 0) is 24.1 Å². The Bertz CT molecular complexity index is 359. The molecule has 0 aliphatic carbocycles. The van der Waals surface area contributed by atoms with Crippen LogP contribution in [0, 0.1) is 0 Å². The van der Waals surface area contributed by atoms with E-state index >= 15 is 0 Å². The lowest BCUT2D eigenvalue weighted by molar-refractivity contribution is 0.123. The van der Waals surface area contributed by atoms with Gasteiger partial charge in [0.15, 0.2) is 0 Å². The van der Waals surface area contributed by atoms with Crippen LogP contribution in [0.5, 0.6) is 0 Å². The Kier molecular flexibility index (Phi) is 6.36. The second-order valence-electron chi connectivity index (χ2n) is 4.53. The summed E-state index contributed by atoms with van der Waals surface area (Å²) in [4.78, 5) is 0. The molecular formula is C14H26N2O2. The first-order valence-electron chi connectivity index (χ1n) is 6.99. The Morgan fingerprint density at radius 2 is 1.94 bits per heavy atom. The Morgan fingerprint density at radius 1 is 1.22 bits per heavy atom. The molecule has 0 amide bonds. The van der Waals surface area contributed by atoms with Crippen LogP contribution in [0.25, 0.3) is 0 Å². The number of hydrogen-bond acceptors (Lipinski definition) is 3. The lowest BCUT2D eigenvalue weighted by Gasteiger charge is -2.09. The van der Waals surface area contributed by atoms with E-state index in [1.54, 1.807) is 0 Å². The van der Waals surface area contributed by atoms with Gasteiger partial charge in [-0.1, -0.05) is 20.8 Å². The van der Waals surface area contributed by atoms with E-state index in [9.17, 15) is 5.11 Å². The highest BCUT2D eigenvalue weighted by atomic mass is 16.5. The normalized spacial score (nSPS) is 12.9. The van der Waals surface area contributed by atoms with Crippen molar-refractivity contribution in [2.75, 3.05) is 13.2 Å². The van der Waals surface area contributed by atoms with Gasteiger partial charge in [-0.2, -0.15) is 5.10 Å². The van der Waals surface area contributed by atoms with Crippen LogP contribution >= 0.6 is 0 Å². The molecule has 1 aromatic rings. The van der Waals surface area contributed by atoms with Crippen LogP contribution in [0.1, 0.15) is 57.2 Å². The van der Waals surface area contributed by atoms with Gasteiger partial charge in [-0.3, -0.25) is 4.68 Å². The van der Waals surface area contributed by atoms with Crippen molar-refractivity contribution in [3.8, 4) is 0 Å². The fraction of sp³-hybridized carbons (Fsp3) is 0.786. The van der Waals surface area contributed by atoms with Crippen molar-refractivity contribution in [2.24, 2.45) is 0 Å². The molecule has 0 fully saturated rings. The molecule has 4 nitrogen and oxygen atoms in total. The van der Waals surface area contributed by atoms with Crippen LogP contribution in [-0.4, -0.2) is 28.1 Å². The number of hydrogen-bond donors (Lipinski definition) is 1. The van der Waals surface area contributed by atoms with Gasteiger partial charge in [0.05, 0.1) is 24.9 Å². The second-order valence-corrected chi connectivity index (χ2v) is 4.53. The monoisotopic (exact) mass is 254 g/mol. The largest absolute Gasteiger partial charge is 0.389 e. The van der Waals surface area contributed by atoms with Gasteiger partial charge in [-0.25, -0.2) is 0 Å². The fourth-order valence-corrected chi connectivity index (χ4v) is 2.26. The van der Waals surface area contributed by atoms with Crippen LogP contribution in [0.4, 0.5) is 0 Å². The fourth-order valence-electron chi connectivity index (χ4n) is 2.26. The third-order valence-corrected chi connectivity index (χ3v) is 3.06. The Balaban J connectivity index is 2.83. The van der Waals surface area contributed by atoms with Crippen molar-refractivity contribution in [1.29, 1.82) is 0 Å². The summed E-state index contributed by atoms with van der Waals surface area (Å²) in [5, 5.41) is 14.5. The molecule has 1 rings (SSSR count). The van der Waals surface area contributed by atoms with Crippen LogP contribution in [0.2, 0.25) is 0 Å². The number of aryl methyl sites for hydroxylation is 1. The predicted octanol–water partition coefficient (Wildman–Crippen LogP) is 2.49. The van der Waals surface area contributed by atoms with Crippen molar-refractivity contribution in [1.82, 2.24) is 9.78 Å². The minimum Gasteiger partial charge on any atom is -0.389 e. The average molecular weight is 254 g/mol. The molecule has 1 N–H and O–H groups in total. The standard InChI is InChI=1S/C14H26N2O2/c1-5-9-18-10-8-16-13(7-3)14(11(4)17)12(6-2)15-16/h11,17H,5-10H2,1-4H3. The number of aliphatic hydroxyl groups is 1. The van der Waals surface area contributed by atoms with Gasteiger partial charge in [0.2, 0.25) is 0 Å². The molecule has 1 atom stereocenters. The topological polar surface area (TPSA) is 47.3 Å². The molecule has 1 aromatic heterocycles. The second kappa shape index (κ2) is 7.54. The molecule has 0 spiro atoms. The molecule has 1 unspecified atom stereocenters. The van der Waals surface area contributed by atoms with Crippen LogP contribution in [0.3, 0.4) is 0 Å². The molecular weight excluding hydrogens is 228 g/mol. The lowest BCUT2D eigenvalue weighted by atomic mass is 10.0. The van der Waals surface area contributed by atoms with E-state index in [0.29, 0.717) is 6.61 Å². The van der Waals surface area contributed by atoms with Crippen molar-refractivity contribution < 1.29 is 9.84 Å². The van der Waals surface area contributed by atoms with Gasteiger partial charge in [-0.15, -0.1) is 0 Å². The van der Waals surface area contributed by atoms with Gasteiger partial charge in [0.25, 0.3) is 0 Å². The zero-order valence-corrected chi connectivity index (χ0v) is 12.1. The van der Waals surface area contributed by atoms with Crippen molar-refractivity contribution in [2.45, 2.75) is 59.6 Å². The Morgan fingerprint density at radius 3 is 2.44 bits per heavy atom. The van der Waals surface area contributed by atoms with Crippen molar-refractivity contribution >= 4 is 0 Å². The highest BCUT2D eigenvalue weighted by Crippen LogP contribution is 2.23. The van der Waals surface area contributed by atoms with Gasteiger partial charge >= 0.3 is 0 Å². The third kappa shape index (κ3) is 3.56. The first-order valence-corrected chi connectivity index (χ1v) is 6.99. The van der Waals surface area contributed by atoms with E-state index in [1.165, 1.54) is 0 Å². The summed E-state index contributed by atoms with van der Waals surface area (Å²) in [6.07, 6.45) is 2.34. The van der Waals surface area contributed by atoms with Gasteiger partial charge < -0.3 is 9.84 Å². The van der Waals surface area contributed by atoms with Gasteiger partial charge in [0, 0.05) is 17.9 Å². The summed E-state index contributed by atoms with van der Waals surface area (Å²) < 4.78 is 7.50. The maximum atomic E-state index is 9.89. The number of ether oxygens (including phenoxy) is 1. The predicted molar refractivity (Wildman–Crippen MR) is 72.7 cm³/mol. The maximum absolute atomic E-state index is 9.89. The molecule has 0 saturated carbocycles. The zero-order valence-electron chi connectivity index (χ0n) is 12.1. The van der Waals surface area contributed by atoms with E-state index in [-0.39, 0.29) is 0 Å². The average Bonchev–Trinajstić information content (AvgIpc) is 2.72. The molecule has 4 heteroatoms. The molecule has 0 saturated heterocycles. The SMILES string of the molecule is CCCOCCn1nc(CC)c(C(C)O)c1CC.